The Balaban J connectivity index is 1.75. The molecule has 0 bridgehead atoms. The fourth-order valence-corrected chi connectivity index (χ4v) is 3.36. The standard InChI is InChI=1S/C17H20N6/c1-11-5-12(2)14(6-13(11)7-23-10-18-8-22-23)16-17-15(3-4-19-16)20-9-21-17/h5-6,8-10,16,19H,3-4,7H2,1-2H3,(H,20,21). The molecule has 0 aliphatic carbocycles. The third-order valence-electron chi connectivity index (χ3n) is 4.58. The Bertz CT molecular complexity index is 818. The van der Waals surface area contributed by atoms with Gasteiger partial charge >= 0.3 is 0 Å². The zero-order chi connectivity index (χ0) is 15.8. The zero-order valence-corrected chi connectivity index (χ0v) is 13.4. The summed E-state index contributed by atoms with van der Waals surface area (Å²) in [6, 6.07) is 4.69. The van der Waals surface area contributed by atoms with Crippen molar-refractivity contribution in [1.82, 2.24) is 30.0 Å². The Morgan fingerprint density at radius 2 is 2.17 bits per heavy atom. The Kier molecular flexibility index (Phi) is 3.46. The number of imidazole rings is 1. The van der Waals surface area contributed by atoms with E-state index in [1.807, 2.05) is 4.68 Å². The fourth-order valence-electron chi connectivity index (χ4n) is 3.36. The summed E-state index contributed by atoms with van der Waals surface area (Å²) >= 11 is 0. The molecule has 1 unspecified atom stereocenters. The van der Waals surface area contributed by atoms with Crippen LogP contribution < -0.4 is 5.32 Å². The van der Waals surface area contributed by atoms with Crippen molar-refractivity contribution in [1.29, 1.82) is 0 Å². The Morgan fingerprint density at radius 1 is 1.26 bits per heavy atom. The van der Waals surface area contributed by atoms with Gasteiger partial charge in [-0.05, 0) is 36.1 Å². The van der Waals surface area contributed by atoms with Crippen LogP contribution in [0.15, 0.2) is 31.1 Å². The Morgan fingerprint density at radius 3 is 3.00 bits per heavy atom. The van der Waals surface area contributed by atoms with Gasteiger partial charge in [0, 0.05) is 18.7 Å². The number of nitrogens with zero attached hydrogens (tertiary/aromatic N) is 4. The summed E-state index contributed by atoms with van der Waals surface area (Å²) in [7, 11) is 0. The first-order chi connectivity index (χ1) is 11.2. The Labute approximate surface area is 135 Å². The van der Waals surface area contributed by atoms with Crippen molar-refractivity contribution < 1.29 is 0 Å². The molecule has 2 N–H and O–H groups in total. The van der Waals surface area contributed by atoms with Crippen LogP contribution in [-0.4, -0.2) is 31.3 Å². The molecule has 6 heteroatoms. The van der Waals surface area contributed by atoms with Crippen molar-refractivity contribution in [2.24, 2.45) is 0 Å². The minimum absolute atomic E-state index is 0.153. The number of hydrogen-bond acceptors (Lipinski definition) is 4. The number of benzene rings is 1. The second kappa shape index (κ2) is 5.62. The lowest BCUT2D eigenvalue weighted by Crippen LogP contribution is -2.31. The van der Waals surface area contributed by atoms with Crippen LogP contribution in [0, 0.1) is 13.8 Å². The molecule has 0 saturated carbocycles. The number of H-pyrrole nitrogens is 1. The van der Waals surface area contributed by atoms with E-state index < -0.39 is 0 Å². The maximum atomic E-state index is 4.54. The highest BCUT2D eigenvalue weighted by Crippen LogP contribution is 2.30. The van der Waals surface area contributed by atoms with Gasteiger partial charge in [-0.2, -0.15) is 5.10 Å². The van der Waals surface area contributed by atoms with Gasteiger partial charge in [-0.1, -0.05) is 12.1 Å². The van der Waals surface area contributed by atoms with E-state index in [0.717, 1.165) is 25.2 Å². The van der Waals surface area contributed by atoms with Gasteiger partial charge in [0.05, 0.1) is 24.6 Å². The minimum Gasteiger partial charge on any atom is -0.348 e. The summed E-state index contributed by atoms with van der Waals surface area (Å²) in [5.41, 5.74) is 7.48. The minimum atomic E-state index is 0.153. The third kappa shape index (κ3) is 2.55. The molecule has 23 heavy (non-hydrogen) atoms. The molecule has 2 aromatic heterocycles. The molecule has 1 aromatic carbocycles. The van der Waals surface area contributed by atoms with Gasteiger partial charge in [-0.15, -0.1) is 0 Å². The van der Waals surface area contributed by atoms with E-state index in [1.54, 1.807) is 19.0 Å². The normalized spacial score (nSPS) is 17.2. The van der Waals surface area contributed by atoms with E-state index in [9.17, 15) is 0 Å². The molecule has 0 saturated heterocycles. The highest BCUT2D eigenvalue weighted by atomic mass is 15.3. The average Bonchev–Trinajstić information content (AvgIpc) is 3.21. The summed E-state index contributed by atoms with van der Waals surface area (Å²) in [5, 5.41) is 7.82. The summed E-state index contributed by atoms with van der Waals surface area (Å²) in [6.45, 7) is 6.02. The second-order valence-corrected chi connectivity index (χ2v) is 6.13. The maximum absolute atomic E-state index is 4.54. The first-order valence-electron chi connectivity index (χ1n) is 7.90. The smallest absolute Gasteiger partial charge is 0.137 e. The van der Waals surface area contributed by atoms with Crippen LogP contribution in [-0.2, 0) is 13.0 Å². The van der Waals surface area contributed by atoms with Gasteiger partial charge in [0.25, 0.3) is 0 Å². The molecule has 4 rings (SSSR count). The molecule has 0 radical (unpaired) electrons. The SMILES string of the molecule is Cc1cc(C)c(C2NCCc3[nH]cnc32)cc1Cn1cncn1. The van der Waals surface area contributed by atoms with E-state index >= 15 is 0 Å². The van der Waals surface area contributed by atoms with Crippen molar-refractivity contribution in [2.75, 3.05) is 6.54 Å². The quantitative estimate of drug-likeness (QED) is 0.775. The molecule has 0 fully saturated rings. The van der Waals surface area contributed by atoms with E-state index in [2.05, 4.69) is 51.3 Å². The summed E-state index contributed by atoms with van der Waals surface area (Å²) in [6.07, 6.45) is 6.12. The molecule has 0 spiro atoms. The molecular formula is C17H20N6. The largest absolute Gasteiger partial charge is 0.348 e. The summed E-state index contributed by atoms with van der Waals surface area (Å²) < 4.78 is 1.86. The van der Waals surface area contributed by atoms with Gasteiger partial charge in [0.1, 0.15) is 12.7 Å². The van der Waals surface area contributed by atoms with Gasteiger partial charge in [0.2, 0.25) is 0 Å². The molecule has 3 aromatic rings. The van der Waals surface area contributed by atoms with Gasteiger partial charge in [0.15, 0.2) is 0 Å². The van der Waals surface area contributed by atoms with E-state index in [-0.39, 0.29) is 6.04 Å². The number of rotatable bonds is 3. The topological polar surface area (TPSA) is 71.4 Å². The van der Waals surface area contributed by atoms with Crippen molar-refractivity contribution in [3.05, 3.63) is 64.8 Å². The highest BCUT2D eigenvalue weighted by molar-refractivity contribution is 5.43. The molecule has 6 nitrogen and oxygen atoms in total. The van der Waals surface area contributed by atoms with E-state index in [4.69, 9.17) is 0 Å². The highest BCUT2D eigenvalue weighted by Gasteiger charge is 2.25. The number of aromatic nitrogens is 5. The van der Waals surface area contributed by atoms with Crippen LogP contribution in [0.25, 0.3) is 0 Å². The lowest BCUT2D eigenvalue weighted by atomic mass is 9.91. The van der Waals surface area contributed by atoms with E-state index in [0.29, 0.717) is 0 Å². The van der Waals surface area contributed by atoms with Crippen LogP contribution >= 0.6 is 0 Å². The predicted octanol–water partition coefficient (Wildman–Crippen LogP) is 1.90. The number of aryl methyl sites for hydroxylation is 2. The zero-order valence-electron chi connectivity index (χ0n) is 13.4. The number of fused-ring (bicyclic) bond motifs is 1. The van der Waals surface area contributed by atoms with Crippen LogP contribution in [0.3, 0.4) is 0 Å². The molecule has 0 amide bonds. The van der Waals surface area contributed by atoms with Crippen molar-refractivity contribution in [2.45, 2.75) is 32.9 Å². The average molecular weight is 308 g/mol. The van der Waals surface area contributed by atoms with Crippen LogP contribution in [0.1, 0.15) is 39.7 Å². The third-order valence-corrected chi connectivity index (χ3v) is 4.58. The second-order valence-electron chi connectivity index (χ2n) is 6.13. The van der Waals surface area contributed by atoms with Crippen molar-refractivity contribution >= 4 is 0 Å². The lowest BCUT2D eigenvalue weighted by Gasteiger charge is -2.26. The number of hydrogen-bond donors (Lipinski definition) is 2. The summed E-state index contributed by atoms with van der Waals surface area (Å²) in [4.78, 5) is 11.8. The lowest BCUT2D eigenvalue weighted by molar-refractivity contribution is 0.550. The van der Waals surface area contributed by atoms with Gasteiger partial charge < -0.3 is 10.3 Å². The van der Waals surface area contributed by atoms with Gasteiger partial charge in [-0.25, -0.2) is 14.6 Å². The fraction of sp³-hybridized carbons (Fsp3) is 0.353. The number of aromatic amines is 1. The molecule has 1 aliphatic heterocycles. The molecular weight excluding hydrogens is 288 g/mol. The van der Waals surface area contributed by atoms with Gasteiger partial charge in [-0.3, -0.25) is 0 Å². The first-order valence-corrected chi connectivity index (χ1v) is 7.90. The predicted molar refractivity (Wildman–Crippen MR) is 87.2 cm³/mol. The molecule has 118 valence electrons. The molecule has 1 atom stereocenters. The number of nitrogens with one attached hydrogen (secondary N) is 2. The first kappa shape index (κ1) is 14.1. The molecule has 3 heterocycles. The van der Waals surface area contributed by atoms with Crippen LogP contribution in [0.4, 0.5) is 0 Å². The maximum Gasteiger partial charge on any atom is 0.137 e. The molecule has 1 aliphatic rings. The van der Waals surface area contributed by atoms with E-state index in [1.165, 1.54) is 27.9 Å². The van der Waals surface area contributed by atoms with Crippen molar-refractivity contribution in [3.63, 3.8) is 0 Å². The van der Waals surface area contributed by atoms with Crippen LogP contribution in [0.5, 0.6) is 0 Å². The Hall–Kier alpha value is -2.47. The summed E-state index contributed by atoms with van der Waals surface area (Å²) in [5.74, 6) is 0. The van der Waals surface area contributed by atoms with Crippen molar-refractivity contribution in [3.8, 4) is 0 Å². The van der Waals surface area contributed by atoms with Crippen LogP contribution in [0.2, 0.25) is 0 Å². The monoisotopic (exact) mass is 308 g/mol.